The average molecular weight is 556 g/mol. The first-order chi connectivity index (χ1) is 17.9. The number of nitrogens with one attached hydrogen (secondary N) is 3. The summed E-state index contributed by atoms with van der Waals surface area (Å²) in [5, 5.41) is 6.92. The monoisotopic (exact) mass is 555 g/mol. The van der Waals surface area contributed by atoms with Crippen molar-refractivity contribution < 1.29 is 31.1 Å². The van der Waals surface area contributed by atoms with Gasteiger partial charge in [-0.1, -0.05) is 11.6 Å². The number of aromatic amines is 1. The Hall–Kier alpha value is -3.54. The summed E-state index contributed by atoms with van der Waals surface area (Å²) in [5.74, 6) is -0.529. The fourth-order valence-corrected chi connectivity index (χ4v) is 4.85. The molecule has 0 aliphatic heterocycles. The summed E-state index contributed by atoms with van der Waals surface area (Å²) in [5.41, 5.74) is -1.32. The molecule has 3 heterocycles. The zero-order chi connectivity index (χ0) is 27.2. The Morgan fingerprint density at radius 3 is 2.34 bits per heavy atom. The minimum Gasteiger partial charge on any atom is -0.382 e. The Labute approximate surface area is 216 Å². The maximum Gasteiger partial charge on any atom is 0.433 e. The van der Waals surface area contributed by atoms with E-state index in [4.69, 9.17) is 11.6 Å². The van der Waals surface area contributed by atoms with Gasteiger partial charge in [0.2, 0.25) is 0 Å². The standard InChI is InChI=1S/C25H20ClF6N5O/c26-13-1-6-19-17(8-13)20(9-21(37-19)25(30,31)32)35-14-2-4-15(5-3-14)36-23(38)18-11-34-22-16(18)7-12(10-33-22)24(27,28)29/h1,6-11,14-15H,2-5H2,(H,33,34)(H,35,37)(H,36,38)/t14-,15+. The van der Waals surface area contributed by atoms with Gasteiger partial charge in [0.05, 0.1) is 16.6 Å². The van der Waals surface area contributed by atoms with Crippen molar-refractivity contribution in [2.45, 2.75) is 50.1 Å². The van der Waals surface area contributed by atoms with Gasteiger partial charge in [-0.2, -0.15) is 26.3 Å². The lowest BCUT2D eigenvalue weighted by atomic mass is 9.90. The van der Waals surface area contributed by atoms with Gasteiger partial charge in [0.25, 0.3) is 5.91 Å². The highest BCUT2D eigenvalue weighted by atomic mass is 35.5. The molecule has 3 N–H and O–H groups in total. The predicted octanol–water partition coefficient (Wildman–Crippen LogP) is 6.96. The first-order valence-electron chi connectivity index (χ1n) is 11.7. The van der Waals surface area contributed by atoms with E-state index >= 15 is 0 Å². The molecule has 0 bridgehead atoms. The van der Waals surface area contributed by atoms with Gasteiger partial charge in [0.1, 0.15) is 11.3 Å². The fraction of sp³-hybridized carbons (Fsp3) is 0.320. The summed E-state index contributed by atoms with van der Waals surface area (Å²) in [7, 11) is 0. The highest BCUT2D eigenvalue weighted by molar-refractivity contribution is 6.31. The molecule has 13 heteroatoms. The van der Waals surface area contributed by atoms with E-state index in [0.717, 1.165) is 12.1 Å². The van der Waals surface area contributed by atoms with Crippen molar-refractivity contribution in [3.63, 3.8) is 0 Å². The van der Waals surface area contributed by atoms with Crippen LogP contribution in [0.25, 0.3) is 21.9 Å². The highest BCUT2D eigenvalue weighted by Gasteiger charge is 2.34. The van der Waals surface area contributed by atoms with Gasteiger partial charge in [0, 0.05) is 46.0 Å². The van der Waals surface area contributed by atoms with Gasteiger partial charge < -0.3 is 15.6 Å². The Morgan fingerprint density at radius 2 is 1.66 bits per heavy atom. The number of carbonyl (C=O) groups is 1. The van der Waals surface area contributed by atoms with Crippen molar-refractivity contribution in [1.29, 1.82) is 0 Å². The lowest BCUT2D eigenvalue weighted by Gasteiger charge is -2.30. The van der Waals surface area contributed by atoms with E-state index in [1.165, 1.54) is 18.3 Å². The van der Waals surface area contributed by atoms with Gasteiger partial charge >= 0.3 is 12.4 Å². The van der Waals surface area contributed by atoms with Crippen LogP contribution >= 0.6 is 11.6 Å². The van der Waals surface area contributed by atoms with Crippen molar-refractivity contribution in [2.24, 2.45) is 0 Å². The first-order valence-corrected chi connectivity index (χ1v) is 12.1. The molecular formula is C25H20ClF6N5O. The number of amides is 1. The van der Waals surface area contributed by atoms with Crippen LogP contribution in [0.1, 0.15) is 47.3 Å². The fourth-order valence-electron chi connectivity index (χ4n) is 4.67. The van der Waals surface area contributed by atoms with Crippen LogP contribution in [0.4, 0.5) is 32.0 Å². The van der Waals surface area contributed by atoms with E-state index in [-0.39, 0.29) is 39.9 Å². The van der Waals surface area contributed by atoms with Crippen LogP contribution in [0.2, 0.25) is 5.02 Å². The summed E-state index contributed by atoms with van der Waals surface area (Å²) in [6.45, 7) is 0. The number of halogens is 7. The highest BCUT2D eigenvalue weighted by Crippen LogP contribution is 2.36. The van der Waals surface area contributed by atoms with Gasteiger partial charge in [0.15, 0.2) is 0 Å². The zero-order valence-corrected chi connectivity index (χ0v) is 20.2. The Balaban J connectivity index is 1.27. The quantitative estimate of drug-likeness (QED) is 0.238. The molecule has 200 valence electrons. The lowest BCUT2D eigenvalue weighted by molar-refractivity contribution is -0.141. The first kappa shape index (κ1) is 26.1. The molecule has 4 aromatic rings. The van der Waals surface area contributed by atoms with Crippen LogP contribution in [0.5, 0.6) is 0 Å². The summed E-state index contributed by atoms with van der Waals surface area (Å²) < 4.78 is 79.5. The second kappa shape index (κ2) is 9.64. The van der Waals surface area contributed by atoms with E-state index in [0.29, 0.717) is 42.3 Å². The molecule has 0 saturated heterocycles. The van der Waals surface area contributed by atoms with E-state index in [1.54, 1.807) is 6.07 Å². The zero-order valence-electron chi connectivity index (χ0n) is 19.5. The SMILES string of the molecule is O=C(N[C@H]1CC[C@@H](Nc2cc(C(F)(F)F)nc3ccc(Cl)cc23)CC1)c1c[nH]c2ncc(C(F)(F)F)cc12. The molecule has 1 amide bonds. The maximum absolute atomic E-state index is 13.4. The molecule has 3 aromatic heterocycles. The summed E-state index contributed by atoms with van der Waals surface area (Å²) in [6.07, 6.45) is -5.06. The normalized spacial score (nSPS) is 18.6. The third-order valence-corrected chi connectivity index (χ3v) is 6.82. The Morgan fingerprint density at radius 1 is 0.947 bits per heavy atom. The second-order valence-corrected chi connectivity index (χ2v) is 9.64. The number of H-pyrrole nitrogens is 1. The molecule has 0 radical (unpaired) electrons. The van der Waals surface area contributed by atoms with E-state index in [9.17, 15) is 31.1 Å². The van der Waals surface area contributed by atoms with Crippen LogP contribution in [0.15, 0.2) is 42.7 Å². The van der Waals surface area contributed by atoms with Crippen molar-refractivity contribution in [2.75, 3.05) is 5.32 Å². The number of alkyl halides is 6. The molecule has 1 fully saturated rings. The van der Waals surface area contributed by atoms with Crippen molar-refractivity contribution in [1.82, 2.24) is 20.3 Å². The average Bonchev–Trinajstić information content (AvgIpc) is 3.28. The van der Waals surface area contributed by atoms with Crippen molar-refractivity contribution in [3.8, 4) is 0 Å². The van der Waals surface area contributed by atoms with Crippen LogP contribution in [-0.2, 0) is 12.4 Å². The van der Waals surface area contributed by atoms with Crippen LogP contribution in [0, 0.1) is 0 Å². The Kier molecular flexibility index (Phi) is 6.62. The number of nitrogens with zero attached hydrogens (tertiary/aromatic N) is 2. The number of hydrogen-bond donors (Lipinski definition) is 3. The smallest absolute Gasteiger partial charge is 0.382 e. The molecule has 1 aliphatic rings. The largest absolute Gasteiger partial charge is 0.433 e. The van der Waals surface area contributed by atoms with Gasteiger partial charge in [-0.15, -0.1) is 0 Å². The number of anilines is 1. The molecule has 0 unspecified atom stereocenters. The van der Waals surface area contributed by atoms with Gasteiger partial charge in [-0.05, 0) is 56.0 Å². The van der Waals surface area contributed by atoms with Crippen LogP contribution in [-0.4, -0.2) is 32.9 Å². The summed E-state index contributed by atoms with van der Waals surface area (Å²) in [4.78, 5) is 23.0. The van der Waals surface area contributed by atoms with Crippen LogP contribution < -0.4 is 10.6 Å². The van der Waals surface area contributed by atoms with E-state index < -0.39 is 29.5 Å². The molecule has 5 rings (SSSR count). The molecular weight excluding hydrogens is 536 g/mol. The topological polar surface area (TPSA) is 82.7 Å². The molecule has 1 aliphatic carbocycles. The predicted molar refractivity (Wildman–Crippen MR) is 130 cm³/mol. The minimum atomic E-state index is -4.62. The minimum absolute atomic E-state index is 0.0543. The van der Waals surface area contributed by atoms with Crippen LogP contribution in [0.3, 0.4) is 0 Å². The molecule has 38 heavy (non-hydrogen) atoms. The molecule has 6 nitrogen and oxygen atoms in total. The van der Waals surface area contributed by atoms with Crippen molar-refractivity contribution in [3.05, 3.63) is 64.6 Å². The Bertz CT molecular complexity index is 1510. The summed E-state index contributed by atoms with van der Waals surface area (Å²) >= 11 is 6.06. The molecule has 1 aromatic carbocycles. The maximum atomic E-state index is 13.4. The van der Waals surface area contributed by atoms with E-state index in [1.807, 2.05) is 0 Å². The summed E-state index contributed by atoms with van der Waals surface area (Å²) in [6, 6.07) is 5.89. The lowest BCUT2D eigenvalue weighted by Crippen LogP contribution is -2.40. The van der Waals surface area contributed by atoms with Gasteiger partial charge in [-0.25, -0.2) is 9.97 Å². The molecule has 0 spiro atoms. The number of rotatable bonds is 4. The van der Waals surface area contributed by atoms with Gasteiger partial charge in [-0.3, -0.25) is 4.79 Å². The number of pyridine rings is 2. The number of benzene rings is 1. The molecule has 0 atom stereocenters. The number of aromatic nitrogens is 3. The molecule has 1 saturated carbocycles. The third-order valence-electron chi connectivity index (χ3n) is 6.59. The number of carbonyl (C=O) groups excluding carboxylic acids is 1. The third kappa shape index (κ3) is 5.35. The second-order valence-electron chi connectivity index (χ2n) is 9.20. The van der Waals surface area contributed by atoms with Crippen molar-refractivity contribution >= 4 is 45.1 Å². The van der Waals surface area contributed by atoms with E-state index in [2.05, 4.69) is 25.6 Å². The number of fused-ring (bicyclic) bond motifs is 2. The number of hydrogen-bond acceptors (Lipinski definition) is 4.